The van der Waals surface area contributed by atoms with Gasteiger partial charge in [-0.2, -0.15) is 0 Å². The average molecular weight is 205 g/mol. The lowest BCUT2D eigenvalue weighted by atomic mass is 10.00. The molecule has 1 unspecified atom stereocenters. The van der Waals surface area contributed by atoms with Crippen molar-refractivity contribution in [3.63, 3.8) is 0 Å². The molecule has 1 aromatic rings. The summed E-state index contributed by atoms with van der Waals surface area (Å²) in [5, 5.41) is 3.09. The van der Waals surface area contributed by atoms with E-state index in [2.05, 4.69) is 34.4 Å². The first kappa shape index (κ1) is 10.4. The van der Waals surface area contributed by atoms with Crippen molar-refractivity contribution < 1.29 is 0 Å². The molecule has 1 aliphatic rings. The van der Waals surface area contributed by atoms with E-state index in [1.54, 1.807) is 0 Å². The van der Waals surface area contributed by atoms with Crippen LogP contribution >= 0.6 is 0 Å². The minimum absolute atomic E-state index is 0.518. The molecule has 0 amide bonds. The maximum absolute atomic E-state index is 4.52. The molecule has 1 atom stereocenters. The lowest BCUT2D eigenvalue weighted by Gasteiger charge is -2.31. The second-order valence-corrected chi connectivity index (χ2v) is 4.21. The van der Waals surface area contributed by atoms with Crippen LogP contribution in [-0.4, -0.2) is 30.5 Å². The van der Waals surface area contributed by atoms with Crippen LogP contribution in [0, 0.1) is 0 Å². The lowest BCUT2D eigenvalue weighted by Crippen LogP contribution is -2.30. The third-order valence-corrected chi connectivity index (χ3v) is 3.19. The summed E-state index contributed by atoms with van der Waals surface area (Å²) in [5.41, 5.74) is 2.29. The monoisotopic (exact) mass is 205 g/mol. The van der Waals surface area contributed by atoms with Crippen LogP contribution in [0.5, 0.6) is 0 Å². The molecule has 3 heteroatoms. The summed E-state index contributed by atoms with van der Waals surface area (Å²) in [7, 11) is 4.11. The van der Waals surface area contributed by atoms with Crippen LogP contribution < -0.4 is 5.32 Å². The summed E-state index contributed by atoms with van der Waals surface area (Å²) in [6.07, 6.45) is 5.80. The van der Waals surface area contributed by atoms with Crippen LogP contribution in [0.2, 0.25) is 0 Å². The van der Waals surface area contributed by atoms with Crippen molar-refractivity contribution >= 4 is 5.69 Å². The van der Waals surface area contributed by atoms with Gasteiger partial charge in [0, 0.05) is 7.05 Å². The second-order valence-electron chi connectivity index (χ2n) is 4.21. The molecule has 0 saturated carbocycles. The van der Waals surface area contributed by atoms with Crippen molar-refractivity contribution in [2.75, 3.05) is 26.0 Å². The molecule has 2 heterocycles. The highest BCUT2D eigenvalue weighted by Gasteiger charge is 2.21. The standard InChI is InChI=1S/C12H19N3/c1-13-10-6-7-11(14-9-10)12-5-3-4-8-15(12)2/h6-7,9,12-13H,3-5,8H2,1-2H3. The van der Waals surface area contributed by atoms with Crippen molar-refractivity contribution in [3.05, 3.63) is 24.0 Å². The van der Waals surface area contributed by atoms with Gasteiger partial charge in [0.05, 0.1) is 23.6 Å². The van der Waals surface area contributed by atoms with Crippen LogP contribution in [0.25, 0.3) is 0 Å². The Morgan fingerprint density at radius 2 is 2.27 bits per heavy atom. The van der Waals surface area contributed by atoms with Crippen molar-refractivity contribution in [2.45, 2.75) is 25.3 Å². The summed E-state index contributed by atoms with van der Waals surface area (Å²) in [6.45, 7) is 1.19. The Morgan fingerprint density at radius 3 is 2.87 bits per heavy atom. The summed E-state index contributed by atoms with van der Waals surface area (Å²) in [6, 6.07) is 4.76. The highest BCUT2D eigenvalue weighted by Crippen LogP contribution is 2.28. The van der Waals surface area contributed by atoms with Gasteiger partial charge < -0.3 is 5.32 Å². The minimum atomic E-state index is 0.518. The van der Waals surface area contributed by atoms with Gasteiger partial charge in [0.1, 0.15) is 0 Å². The average Bonchev–Trinajstić information content (AvgIpc) is 2.30. The maximum Gasteiger partial charge on any atom is 0.0576 e. The quantitative estimate of drug-likeness (QED) is 0.803. The van der Waals surface area contributed by atoms with Crippen molar-refractivity contribution in [3.8, 4) is 0 Å². The predicted molar refractivity (Wildman–Crippen MR) is 63.0 cm³/mol. The molecule has 1 saturated heterocycles. The van der Waals surface area contributed by atoms with Crippen molar-refractivity contribution in [1.29, 1.82) is 0 Å². The van der Waals surface area contributed by atoms with E-state index in [1.807, 2.05) is 13.2 Å². The molecule has 0 spiro atoms. The molecule has 1 fully saturated rings. The molecule has 0 radical (unpaired) electrons. The fraction of sp³-hybridized carbons (Fsp3) is 0.583. The molecule has 0 aromatic carbocycles. The van der Waals surface area contributed by atoms with Gasteiger partial charge in [0.2, 0.25) is 0 Å². The molecule has 0 bridgehead atoms. The van der Waals surface area contributed by atoms with Gasteiger partial charge in [-0.15, -0.1) is 0 Å². The van der Waals surface area contributed by atoms with Crippen LogP contribution in [-0.2, 0) is 0 Å². The second kappa shape index (κ2) is 4.62. The van der Waals surface area contributed by atoms with Crippen molar-refractivity contribution in [1.82, 2.24) is 9.88 Å². The highest BCUT2D eigenvalue weighted by molar-refractivity contribution is 5.40. The molecule has 3 nitrogen and oxygen atoms in total. The minimum Gasteiger partial charge on any atom is -0.387 e. The number of rotatable bonds is 2. The SMILES string of the molecule is CNc1ccc(C2CCCCN2C)nc1. The number of likely N-dealkylation sites (tertiary alicyclic amines) is 1. The van der Waals surface area contributed by atoms with E-state index in [4.69, 9.17) is 0 Å². The number of piperidine rings is 1. The third-order valence-electron chi connectivity index (χ3n) is 3.19. The van der Waals surface area contributed by atoms with Gasteiger partial charge in [-0.05, 0) is 38.6 Å². The van der Waals surface area contributed by atoms with Gasteiger partial charge in [-0.1, -0.05) is 6.42 Å². The summed E-state index contributed by atoms with van der Waals surface area (Å²) < 4.78 is 0. The first-order valence-corrected chi connectivity index (χ1v) is 5.65. The molecule has 1 N–H and O–H groups in total. The van der Waals surface area contributed by atoms with Gasteiger partial charge in [-0.25, -0.2) is 0 Å². The normalized spacial score (nSPS) is 22.7. The molecule has 1 aromatic heterocycles. The van der Waals surface area contributed by atoms with Crippen molar-refractivity contribution in [2.24, 2.45) is 0 Å². The van der Waals surface area contributed by atoms with E-state index in [9.17, 15) is 0 Å². The maximum atomic E-state index is 4.52. The van der Waals surface area contributed by atoms with Gasteiger partial charge in [0.25, 0.3) is 0 Å². The Morgan fingerprint density at radius 1 is 1.40 bits per heavy atom. The van der Waals surface area contributed by atoms with E-state index in [0.29, 0.717) is 6.04 Å². The summed E-state index contributed by atoms with van der Waals surface area (Å²) in [5.74, 6) is 0. The Labute approximate surface area is 91.5 Å². The molecule has 1 aliphatic heterocycles. The highest BCUT2D eigenvalue weighted by atomic mass is 15.1. The molecule has 82 valence electrons. The number of pyridine rings is 1. The molecular weight excluding hydrogens is 186 g/mol. The summed E-state index contributed by atoms with van der Waals surface area (Å²) in [4.78, 5) is 6.93. The topological polar surface area (TPSA) is 28.2 Å². The smallest absolute Gasteiger partial charge is 0.0576 e. The third kappa shape index (κ3) is 2.29. The van der Waals surface area contributed by atoms with Gasteiger partial charge in [-0.3, -0.25) is 9.88 Å². The number of aromatic nitrogens is 1. The van der Waals surface area contributed by atoms with Crippen LogP contribution in [0.1, 0.15) is 31.0 Å². The molecule has 0 aliphatic carbocycles. The van der Waals surface area contributed by atoms with Crippen LogP contribution in [0.15, 0.2) is 18.3 Å². The molecular formula is C12H19N3. The van der Waals surface area contributed by atoms with Gasteiger partial charge >= 0.3 is 0 Å². The zero-order valence-corrected chi connectivity index (χ0v) is 9.53. The van der Waals surface area contributed by atoms with E-state index >= 15 is 0 Å². The molecule has 15 heavy (non-hydrogen) atoms. The Bertz CT molecular complexity index is 307. The zero-order valence-electron chi connectivity index (χ0n) is 9.53. The fourth-order valence-electron chi connectivity index (χ4n) is 2.20. The van der Waals surface area contributed by atoms with Gasteiger partial charge in [0.15, 0.2) is 0 Å². The Kier molecular flexibility index (Phi) is 3.21. The zero-order chi connectivity index (χ0) is 10.7. The summed E-state index contributed by atoms with van der Waals surface area (Å²) >= 11 is 0. The lowest BCUT2D eigenvalue weighted by molar-refractivity contribution is 0.183. The number of hydrogen-bond acceptors (Lipinski definition) is 3. The fourth-order valence-corrected chi connectivity index (χ4v) is 2.20. The van der Waals surface area contributed by atoms with E-state index in [1.165, 1.54) is 31.5 Å². The van der Waals surface area contributed by atoms with Crippen LogP contribution in [0.3, 0.4) is 0 Å². The van der Waals surface area contributed by atoms with Crippen LogP contribution in [0.4, 0.5) is 5.69 Å². The number of nitrogens with zero attached hydrogens (tertiary/aromatic N) is 2. The van der Waals surface area contributed by atoms with E-state index in [0.717, 1.165) is 5.69 Å². The molecule has 2 rings (SSSR count). The van der Waals surface area contributed by atoms with E-state index in [-0.39, 0.29) is 0 Å². The van der Waals surface area contributed by atoms with E-state index < -0.39 is 0 Å². The number of hydrogen-bond donors (Lipinski definition) is 1. The number of nitrogens with one attached hydrogen (secondary N) is 1. The Balaban J connectivity index is 2.13. The first-order valence-electron chi connectivity index (χ1n) is 5.65. The first-order chi connectivity index (χ1) is 7.31. The predicted octanol–water partition coefficient (Wildman–Crippen LogP) is 2.28. The Hall–Kier alpha value is -1.09. The largest absolute Gasteiger partial charge is 0.387 e. The number of anilines is 1.